The third-order valence-corrected chi connectivity index (χ3v) is 6.28. The van der Waals surface area contributed by atoms with E-state index in [1.54, 1.807) is 61.5 Å². The predicted molar refractivity (Wildman–Crippen MR) is 127 cm³/mol. The number of benzene rings is 2. The van der Waals surface area contributed by atoms with E-state index in [-0.39, 0.29) is 11.3 Å². The van der Waals surface area contributed by atoms with Gasteiger partial charge < -0.3 is 18.7 Å². The third kappa shape index (κ3) is 3.36. The van der Waals surface area contributed by atoms with Crippen molar-refractivity contribution in [2.24, 2.45) is 0 Å². The Labute approximate surface area is 199 Å². The molecule has 0 saturated heterocycles. The summed E-state index contributed by atoms with van der Waals surface area (Å²) in [5, 5.41) is 12.0. The highest BCUT2D eigenvalue weighted by Crippen LogP contribution is 2.43. The Morgan fingerprint density at radius 3 is 2.56 bits per heavy atom. The van der Waals surface area contributed by atoms with Crippen molar-refractivity contribution >= 4 is 39.9 Å². The molecule has 8 heteroatoms. The fourth-order valence-electron chi connectivity index (χ4n) is 4.15. The van der Waals surface area contributed by atoms with Crippen LogP contribution >= 0.6 is 11.6 Å². The molecule has 3 heterocycles. The number of anilines is 1. The summed E-state index contributed by atoms with van der Waals surface area (Å²) in [6, 6.07) is 14.3. The maximum atomic E-state index is 13.7. The van der Waals surface area contributed by atoms with Gasteiger partial charge in [-0.15, -0.1) is 0 Å². The van der Waals surface area contributed by atoms with Crippen LogP contribution in [0.2, 0.25) is 5.02 Å². The first-order valence-electron chi connectivity index (χ1n) is 10.5. The third-order valence-electron chi connectivity index (χ3n) is 5.87. The molecule has 7 nitrogen and oxygen atoms in total. The van der Waals surface area contributed by atoms with Crippen LogP contribution in [0.5, 0.6) is 5.75 Å². The number of aliphatic hydroxyl groups is 1. The zero-order valence-corrected chi connectivity index (χ0v) is 19.3. The number of furan rings is 2. The molecule has 5 rings (SSSR count). The topological polar surface area (TPSA) is 93.1 Å². The molecule has 1 aliphatic heterocycles. The number of nitrogens with zero attached hydrogens (tertiary/aromatic N) is 1. The second-order valence-electron chi connectivity index (χ2n) is 8.04. The van der Waals surface area contributed by atoms with Gasteiger partial charge in [-0.1, -0.05) is 29.8 Å². The monoisotopic (exact) mass is 477 g/mol. The minimum atomic E-state index is -1.01. The number of halogens is 1. The Hall–Kier alpha value is -3.97. The number of aliphatic hydroxyl groups excluding tert-OH is 1. The number of carbonyl (C=O) groups is 2. The summed E-state index contributed by atoms with van der Waals surface area (Å²) in [6.45, 7) is 3.59. The van der Waals surface area contributed by atoms with Gasteiger partial charge in [0.25, 0.3) is 5.91 Å². The van der Waals surface area contributed by atoms with Crippen LogP contribution in [0, 0.1) is 13.8 Å². The van der Waals surface area contributed by atoms with Gasteiger partial charge in [-0.2, -0.15) is 0 Å². The van der Waals surface area contributed by atoms with Crippen molar-refractivity contribution in [3.63, 3.8) is 0 Å². The molecule has 0 saturated carbocycles. The fraction of sp³-hybridized carbons (Fsp3) is 0.154. The molecule has 1 N–H and O–H groups in total. The highest BCUT2D eigenvalue weighted by Gasteiger charge is 2.47. The van der Waals surface area contributed by atoms with Gasteiger partial charge in [0, 0.05) is 16.1 Å². The summed E-state index contributed by atoms with van der Waals surface area (Å²) in [7, 11) is 1.50. The molecule has 0 bridgehead atoms. The van der Waals surface area contributed by atoms with Crippen LogP contribution in [0.1, 0.15) is 33.7 Å². The molecule has 1 atom stereocenters. The Morgan fingerprint density at radius 1 is 1.09 bits per heavy atom. The summed E-state index contributed by atoms with van der Waals surface area (Å²) >= 11 is 6.31. The van der Waals surface area contributed by atoms with E-state index in [2.05, 4.69) is 0 Å². The molecule has 4 aromatic rings. The number of ether oxygens (including phenoxy) is 1. The van der Waals surface area contributed by atoms with Crippen molar-refractivity contribution in [1.82, 2.24) is 0 Å². The Kier molecular flexibility index (Phi) is 5.21. The summed E-state index contributed by atoms with van der Waals surface area (Å²) in [4.78, 5) is 28.2. The first kappa shape index (κ1) is 21.9. The number of aryl methyl sites for hydroxylation is 2. The van der Waals surface area contributed by atoms with Crippen LogP contribution in [0.4, 0.5) is 5.69 Å². The van der Waals surface area contributed by atoms with Crippen LogP contribution in [-0.2, 0) is 4.79 Å². The van der Waals surface area contributed by atoms with E-state index in [0.29, 0.717) is 38.9 Å². The number of ketones is 1. The summed E-state index contributed by atoms with van der Waals surface area (Å²) in [6.07, 6.45) is 0. The lowest BCUT2D eigenvalue weighted by Crippen LogP contribution is -2.30. The smallest absolute Gasteiger partial charge is 0.294 e. The molecule has 0 spiro atoms. The number of hydrogen-bond donors (Lipinski definition) is 1. The molecule has 0 radical (unpaired) electrons. The molecular formula is C26H20ClNO6. The summed E-state index contributed by atoms with van der Waals surface area (Å²) in [5.74, 6) is -0.704. The van der Waals surface area contributed by atoms with E-state index < -0.39 is 23.5 Å². The zero-order chi connectivity index (χ0) is 24.1. The maximum absolute atomic E-state index is 13.7. The number of hydrogen-bond acceptors (Lipinski definition) is 6. The number of fused-ring (bicyclic) bond motifs is 1. The predicted octanol–water partition coefficient (Wildman–Crippen LogP) is 6.09. The van der Waals surface area contributed by atoms with Gasteiger partial charge in [0.05, 0.1) is 12.7 Å². The molecule has 1 aliphatic rings. The minimum Gasteiger partial charge on any atom is -0.503 e. The van der Waals surface area contributed by atoms with Crippen LogP contribution in [0.15, 0.2) is 74.8 Å². The summed E-state index contributed by atoms with van der Waals surface area (Å²) in [5.41, 5.74) is 1.49. The number of Topliss-reactive ketones (excluding diaryl/α,β-unsaturated/α-hetero) is 1. The van der Waals surface area contributed by atoms with Crippen molar-refractivity contribution in [2.45, 2.75) is 19.9 Å². The molecule has 34 heavy (non-hydrogen) atoms. The van der Waals surface area contributed by atoms with Crippen LogP contribution in [0.25, 0.3) is 11.0 Å². The van der Waals surface area contributed by atoms with E-state index in [9.17, 15) is 14.7 Å². The first-order chi connectivity index (χ1) is 16.3. The summed E-state index contributed by atoms with van der Waals surface area (Å²) < 4.78 is 16.9. The standard InChI is InChI=1S/C26H20ClNO6/c1-13-7-9-16(12-17(13)27)28-22(18-10-8-14(2)33-18)21(24(30)26(28)31)23(29)20-11-15-5-4-6-19(32-3)25(15)34-20/h4-12,22,30H,1-3H3. The largest absolute Gasteiger partial charge is 0.503 e. The van der Waals surface area contributed by atoms with Gasteiger partial charge in [-0.25, -0.2) is 0 Å². The molecule has 172 valence electrons. The van der Waals surface area contributed by atoms with Gasteiger partial charge in [0.15, 0.2) is 22.9 Å². The molecule has 2 aromatic carbocycles. The second-order valence-corrected chi connectivity index (χ2v) is 8.45. The zero-order valence-electron chi connectivity index (χ0n) is 18.6. The van der Waals surface area contributed by atoms with E-state index in [1.807, 2.05) is 6.92 Å². The molecule has 1 amide bonds. The molecular weight excluding hydrogens is 458 g/mol. The van der Waals surface area contributed by atoms with Gasteiger partial charge in [-0.3, -0.25) is 14.5 Å². The Morgan fingerprint density at radius 2 is 1.88 bits per heavy atom. The van der Waals surface area contributed by atoms with E-state index >= 15 is 0 Å². The normalized spacial score (nSPS) is 16.1. The Balaban J connectivity index is 1.66. The fourth-order valence-corrected chi connectivity index (χ4v) is 4.32. The quantitative estimate of drug-likeness (QED) is 0.350. The molecule has 1 unspecified atom stereocenters. The molecule has 0 fully saturated rings. The van der Waals surface area contributed by atoms with Crippen molar-refractivity contribution in [1.29, 1.82) is 0 Å². The Bertz CT molecular complexity index is 1490. The number of carbonyl (C=O) groups excluding carboxylic acids is 2. The average Bonchev–Trinajstić information content (AvgIpc) is 3.51. The van der Waals surface area contributed by atoms with Gasteiger partial charge >= 0.3 is 0 Å². The van der Waals surface area contributed by atoms with Crippen molar-refractivity contribution in [3.05, 3.63) is 93.8 Å². The lowest BCUT2D eigenvalue weighted by Gasteiger charge is -2.25. The van der Waals surface area contributed by atoms with Gasteiger partial charge in [0.1, 0.15) is 17.6 Å². The van der Waals surface area contributed by atoms with Crippen LogP contribution in [0.3, 0.4) is 0 Å². The lowest BCUT2D eigenvalue weighted by atomic mass is 9.99. The highest BCUT2D eigenvalue weighted by molar-refractivity contribution is 6.31. The minimum absolute atomic E-state index is 0.0362. The first-order valence-corrected chi connectivity index (χ1v) is 10.9. The average molecular weight is 478 g/mol. The highest BCUT2D eigenvalue weighted by atomic mass is 35.5. The van der Waals surface area contributed by atoms with Crippen LogP contribution in [-0.4, -0.2) is 23.9 Å². The van der Waals surface area contributed by atoms with E-state index in [1.165, 1.54) is 12.0 Å². The number of para-hydroxylation sites is 1. The van der Waals surface area contributed by atoms with Gasteiger partial charge in [-0.05, 0) is 55.8 Å². The maximum Gasteiger partial charge on any atom is 0.294 e. The SMILES string of the molecule is COc1cccc2cc(C(=O)C3=C(O)C(=O)N(c4ccc(C)c(Cl)c4)C3c3ccc(C)o3)oc12. The van der Waals surface area contributed by atoms with Crippen LogP contribution < -0.4 is 9.64 Å². The number of amides is 1. The second kappa shape index (κ2) is 8.11. The van der Waals surface area contributed by atoms with Crippen molar-refractivity contribution in [3.8, 4) is 5.75 Å². The van der Waals surface area contributed by atoms with E-state index in [0.717, 1.165) is 5.56 Å². The lowest BCUT2D eigenvalue weighted by molar-refractivity contribution is -0.117. The van der Waals surface area contributed by atoms with Gasteiger partial charge in [0.2, 0.25) is 5.78 Å². The van der Waals surface area contributed by atoms with E-state index in [4.69, 9.17) is 25.2 Å². The molecule has 2 aromatic heterocycles. The number of methoxy groups -OCH3 is 1. The van der Waals surface area contributed by atoms with Crippen molar-refractivity contribution in [2.75, 3.05) is 12.0 Å². The number of rotatable bonds is 5. The molecule has 0 aliphatic carbocycles. The van der Waals surface area contributed by atoms with Crippen molar-refractivity contribution < 1.29 is 28.3 Å².